The monoisotopic (exact) mass is 752 g/mol. The highest BCUT2D eigenvalue weighted by Crippen LogP contribution is 2.19. The number of nitrogens with zero attached hydrogens (tertiary/aromatic N) is 3. The van der Waals surface area contributed by atoms with Crippen LogP contribution in [0.5, 0.6) is 0 Å². The Bertz CT molecular complexity index is 1150. The Balaban J connectivity index is 0.818. The number of thioether (sulfide) groups is 3. The highest BCUT2D eigenvalue weighted by molar-refractivity contribution is 7.99. The first-order chi connectivity index (χ1) is 24.7. The van der Waals surface area contributed by atoms with Crippen molar-refractivity contribution < 1.29 is 18.8 Å². The fraction of sp³-hybridized carbons (Fsp3) is 0.919. The molecule has 0 unspecified atom stereocenters. The maximum Gasteiger partial charge on any atom is 0.346 e. The van der Waals surface area contributed by atoms with Gasteiger partial charge in [0.2, 0.25) is 0 Å². The van der Waals surface area contributed by atoms with Crippen molar-refractivity contribution in [1.82, 2.24) is 31.9 Å². The molecule has 6 atom stereocenters. The second-order valence-electron chi connectivity index (χ2n) is 15.6. The minimum absolute atomic E-state index is 0.191. The average Bonchev–Trinajstić information content (AvgIpc) is 3.15. The molecule has 13 heteroatoms. The highest BCUT2D eigenvalue weighted by atomic mass is 32.2. The molecule has 6 aliphatic heterocycles. The van der Waals surface area contributed by atoms with Crippen molar-refractivity contribution in [3.63, 3.8) is 0 Å². The Morgan fingerprint density at radius 1 is 0.460 bits per heavy atom. The lowest BCUT2D eigenvalue weighted by Crippen LogP contribution is -2.61. The molecule has 0 saturated carbocycles. The SMILES string of the molecule is CCCCCCCCCCSC[C@H]1CC[N+]2=C(N1)N[C@@H](CSC[C@H]1CC[N+]3=C(N1)N[C@@H](CSC[C@H]1CC[N+]4=C(N1)N[C@@H](CO)CC4)CC3)CC2. The van der Waals surface area contributed by atoms with Gasteiger partial charge in [0.15, 0.2) is 0 Å². The van der Waals surface area contributed by atoms with Crippen LogP contribution in [-0.2, 0) is 0 Å². The first-order valence-electron chi connectivity index (χ1n) is 20.5. The molecule has 0 bridgehead atoms. The molecule has 7 N–H and O–H groups in total. The van der Waals surface area contributed by atoms with Gasteiger partial charge >= 0.3 is 17.9 Å². The summed E-state index contributed by atoms with van der Waals surface area (Å²) in [6, 6.07) is 2.95. The van der Waals surface area contributed by atoms with Gasteiger partial charge in [-0.05, 0) is 12.2 Å². The molecule has 0 fully saturated rings. The van der Waals surface area contributed by atoms with Crippen LogP contribution in [0.15, 0.2) is 0 Å². The number of nitrogens with one attached hydrogen (secondary N) is 6. The second kappa shape index (κ2) is 20.9. The zero-order valence-corrected chi connectivity index (χ0v) is 33.5. The summed E-state index contributed by atoms with van der Waals surface area (Å²) in [7, 11) is 0. The average molecular weight is 753 g/mol. The first-order valence-corrected chi connectivity index (χ1v) is 23.9. The van der Waals surface area contributed by atoms with Crippen molar-refractivity contribution in [2.45, 2.75) is 133 Å². The largest absolute Gasteiger partial charge is 0.393 e. The lowest BCUT2D eigenvalue weighted by molar-refractivity contribution is -0.542. The first kappa shape index (κ1) is 38.5. The molecule has 10 nitrogen and oxygen atoms in total. The minimum atomic E-state index is 0.191. The van der Waals surface area contributed by atoms with Gasteiger partial charge in [-0.3, -0.25) is 45.6 Å². The van der Waals surface area contributed by atoms with Gasteiger partial charge in [-0.1, -0.05) is 51.9 Å². The van der Waals surface area contributed by atoms with Gasteiger partial charge in [0.25, 0.3) is 0 Å². The molecule has 50 heavy (non-hydrogen) atoms. The molecular weight excluding hydrogens is 683 g/mol. The van der Waals surface area contributed by atoms with Crippen LogP contribution in [0, 0.1) is 0 Å². The number of aliphatic hydroxyl groups excluding tert-OH is 1. The molecule has 6 heterocycles. The molecule has 0 amide bonds. The lowest BCUT2D eigenvalue weighted by Gasteiger charge is -2.33. The number of rotatable bonds is 20. The Morgan fingerprint density at radius 2 is 0.780 bits per heavy atom. The zero-order valence-electron chi connectivity index (χ0n) is 31.1. The zero-order chi connectivity index (χ0) is 34.4. The van der Waals surface area contributed by atoms with Crippen LogP contribution < -0.4 is 31.9 Å². The molecule has 0 aromatic rings. The predicted molar refractivity (Wildman–Crippen MR) is 216 cm³/mol. The maximum absolute atomic E-state index is 9.58. The van der Waals surface area contributed by atoms with Crippen molar-refractivity contribution in [2.75, 3.05) is 80.4 Å². The Hall–Kier alpha value is -1.18. The molecular formula is C37H70N9OS3+3. The molecule has 0 radical (unpaired) electrons. The molecule has 0 aromatic carbocycles. The number of hydrogen-bond donors (Lipinski definition) is 7. The third kappa shape index (κ3) is 11.9. The van der Waals surface area contributed by atoms with Crippen LogP contribution in [0.4, 0.5) is 0 Å². The molecule has 0 aromatic heterocycles. The van der Waals surface area contributed by atoms with Crippen molar-refractivity contribution >= 4 is 53.2 Å². The number of unbranched alkanes of at least 4 members (excludes halogenated alkanes) is 7. The third-order valence-electron chi connectivity index (χ3n) is 11.4. The van der Waals surface area contributed by atoms with Crippen molar-refractivity contribution in [3.8, 4) is 0 Å². The van der Waals surface area contributed by atoms with E-state index in [2.05, 4.69) is 87.8 Å². The van der Waals surface area contributed by atoms with E-state index in [1.54, 1.807) is 0 Å². The standard InChI is InChI=1S/C37H67N9OS3/c1-2-3-4-5-6-7-8-9-22-48-24-30-11-17-45-19-13-32(41-36(45)39-30)26-50-28-34-15-21-46-20-14-33(42-37(46)43-34)27-49-25-31-12-18-44-16-10-29(23-47)38-35(44)40-31/h29-34,47H,2-28H2,1H3,(H3,38,39,40,41,42,43)/p+3/t29-,30-,31-,32-,33-,34-/m1/s1. The van der Waals surface area contributed by atoms with Crippen molar-refractivity contribution in [2.24, 2.45) is 0 Å². The second-order valence-corrected chi connectivity index (χ2v) is 18.9. The molecule has 0 aliphatic carbocycles. The molecule has 6 aliphatic rings. The van der Waals surface area contributed by atoms with E-state index in [0.717, 1.165) is 43.5 Å². The van der Waals surface area contributed by atoms with Crippen LogP contribution >= 0.6 is 35.3 Å². The normalized spacial score (nSPS) is 29.4. The molecule has 6 rings (SSSR count). The van der Waals surface area contributed by atoms with Crippen molar-refractivity contribution in [1.29, 1.82) is 0 Å². The molecule has 284 valence electrons. The summed E-state index contributed by atoms with van der Waals surface area (Å²) >= 11 is 6.38. The van der Waals surface area contributed by atoms with Crippen molar-refractivity contribution in [3.05, 3.63) is 0 Å². The third-order valence-corrected chi connectivity index (χ3v) is 15.2. The smallest absolute Gasteiger partial charge is 0.346 e. The number of aliphatic hydroxyl groups is 1. The van der Waals surface area contributed by atoms with E-state index in [0.29, 0.717) is 30.2 Å². The Labute approximate surface area is 316 Å². The van der Waals surface area contributed by atoms with Gasteiger partial charge in [-0.15, -0.1) is 0 Å². The summed E-state index contributed by atoms with van der Waals surface area (Å²) in [6.45, 7) is 9.38. The van der Waals surface area contributed by atoms with Gasteiger partial charge < -0.3 is 5.11 Å². The topological polar surface area (TPSA) is 101 Å². The van der Waals surface area contributed by atoms with Crippen LogP contribution in [0.3, 0.4) is 0 Å². The summed E-state index contributed by atoms with van der Waals surface area (Å²) in [4.78, 5) is 0. The van der Waals surface area contributed by atoms with E-state index in [-0.39, 0.29) is 12.6 Å². The van der Waals surface area contributed by atoms with E-state index in [4.69, 9.17) is 0 Å². The number of hydrogen-bond acceptors (Lipinski definition) is 10. The van der Waals surface area contributed by atoms with Gasteiger partial charge in [0.1, 0.15) is 6.04 Å². The van der Waals surface area contributed by atoms with Gasteiger partial charge in [-0.2, -0.15) is 35.3 Å². The Morgan fingerprint density at radius 3 is 1.16 bits per heavy atom. The highest BCUT2D eigenvalue weighted by Gasteiger charge is 2.35. The maximum atomic E-state index is 9.58. The lowest BCUT2D eigenvalue weighted by atomic mass is 10.1. The minimum Gasteiger partial charge on any atom is -0.393 e. The van der Waals surface area contributed by atoms with Crippen LogP contribution in [0.1, 0.15) is 96.8 Å². The van der Waals surface area contributed by atoms with Crippen LogP contribution in [-0.4, -0.2) is 153 Å². The van der Waals surface area contributed by atoms with E-state index >= 15 is 0 Å². The summed E-state index contributed by atoms with van der Waals surface area (Å²) in [5, 5.41) is 32.4. The van der Waals surface area contributed by atoms with E-state index in [1.807, 2.05) is 0 Å². The predicted octanol–water partition coefficient (Wildman–Crippen LogP) is 2.60. The molecule has 0 spiro atoms. The summed E-state index contributed by atoms with van der Waals surface area (Å²) < 4.78 is 7.50. The van der Waals surface area contributed by atoms with E-state index in [1.165, 1.54) is 138 Å². The molecule has 0 saturated heterocycles. The summed E-state index contributed by atoms with van der Waals surface area (Å²) in [6.07, 6.45) is 18.5. The van der Waals surface area contributed by atoms with Crippen LogP contribution in [0.25, 0.3) is 0 Å². The Kier molecular flexibility index (Phi) is 16.1. The number of guanidine groups is 3. The van der Waals surface area contributed by atoms with E-state index < -0.39 is 0 Å². The fourth-order valence-corrected chi connectivity index (χ4v) is 11.7. The van der Waals surface area contributed by atoms with E-state index in [9.17, 15) is 5.11 Å². The van der Waals surface area contributed by atoms with Gasteiger partial charge in [0, 0.05) is 67.3 Å². The fourth-order valence-electron chi connectivity index (χ4n) is 8.17. The summed E-state index contributed by atoms with van der Waals surface area (Å²) in [5.74, 6) is 10.9. The van der Waals surface area contributed by atoms with Crippen LogP contribution in [0.2, 0.25) is 0 Å². The quantitative estimate of drug-likeness (QED) is 0.0743. The van der Waals surface area contributed by atoms with Gasteiger partial charge in [0.05, 0.1) is 76.1 Å². The summed E-state index contributed by atoms with van der Waals surface area (Å²) in [5.41, 5.74) is 0. The van der Waals surface area contributed by atoms with Gasteiger partial charge in [-0.25, -0.2) is 0 Å².